The second-order valence-corrected chi connectivity index (χ2v) is 12.4. The van der Waals surface area contributed by atoms with Gasteiger partial charge in [0.25, 0.3) is 0 Å². The van der Waals surface area contributed by atoms with E-state index >= 15 is 0 Å². The third kappa shape index (κ3) is 7.34. The van der Waals surface area contributed by atoms with E-state index in [1.165, 1.54) is 0 Å². The number of nitrogens with zero attached hydrogens (tertiary/aromatic N) is 4. The minimum atomic E-state index is -0.352. The van der Waals surface area contributed by atoms with Crippen LogP contribution in [0.3, 0.4) is 0 Å². The molecule has 3 heterocycles. The van der Waals surface area contributed by atoms with Crippen LogP contribution in [0, 0.1) is 0 Å². The topological polar surface area (TPSA) is 143 Å². The average molecular weight is 679 g/mol. The Hall–Kier alpha value is -3.87. The van der Waals surface area contributed by atoms with Crippen LogP contribution in [0.5, 0.6) is 11.8 Å². The summed E-state index contributed by atoms with van der Waals surface area (Å²) in [5.41, 5.74) is 5.21. The molecule has 4 N–H and O–H groups in total. The fourth-order valence-corrected chi connectivity index (χ4v) is 6.75. The molecule has 0 bridgehead atoms. The second kappa shape index (κ2) is 14.9. The Morgan fingerprint density at radius 1 is 0.851 bits per heavy atom. The van der Waals surface area contributed by atoms with Crippen molar-refractivity contribution in [2.75, 3.05) is 20.8 Å². The first kappa shape index (κ1) is 33.0. The summed E-state index contributed by atoms with van der Waals surface area (Å²) in [6, 6.07) is 11.5. The average Bonchev–Trinajstić information content (AvgIpc) is 3.70. The van der Waals surface area contributed by atoms with Gasteiger partial charge in [0.15, 0.2) is 0 Å². The largest absolute Gasteiger partial charge is 0.480 e. The molecule has 1 amide bonds. The third-order valence-corrected chi connectivity index (χ3v) is 9.44. The van der Waals surface area contributed by atoms with Crippen LogP contribution in [0.1, 0.15) is 43.5 Å². The van der Waals surface area contributed by atoms with E-state index in [1.54, 1.807) is 26.6 Å². The standard InChI is InChI=1S/C34H37Cl2N7O4/c1-46-33-27(15-37-14-19-12-13-30(45)41-19)39-16-25(42-33)22-8-3-6-20(31(22)35)21-7-4-9-23(32(21)36)26-17-40-28(34(43-26)47-2)18-38-24-10-5-11-29(24)44/h3-4,6-9,16-17,19,24,29,37-38,44H,5,10-15,18H2,1-2H3,(H,41,45)/t19-,24+,29-/m0/s1. The number of hydrogen-bond acceptors (Lipinski definition) is 10. The van der Waals surface area contributed by atoms with Gasteiger partial charge in [0.1, 0.15) is 11.4 Å². The molecule has 0 unspecified atom stereocenters. The molecule has 1 saturated carbocycles. The van der Waals surface area contributed by atoms with Gasteiger partial charge in [-0.1, -0.05) is 59.6 Å². The predicted octanol–water partition coefficient (Wildman–Crippen LogP) is 4.96. The number of ether oxygens (including phenoxy) is 2. The minimum Gasteiger partial charge on any atom is -0.480 e. The van der Waals surface area contributed by atoms with Gasteiger partial charge in [0.2, 0.25) is 17.7 Å². The number of nitrogens with one attached hydrogen (secondary N) is 3. The van der Waals surface area contributed by atoms with E-state index in [4.69, 9.17) is 42.6 Å². The zero-order valence-corrected chi connectivity index (χ0v) is 27.7. The number of methoxy groups -OCH3 is 2. The molecular weight excluding hydrogens is 641 g/mol. The SMILES string of the molecule is COc1nc(-c2cccc(-c3cccc(-c4cnc(CN[C@@H]5CCC[C@@H]5O)c(OC)n4)c3Cl)c2Cl)cnc1CNC[C@@H]1CCC(=O)N1. The lowest BCUT2D eigenvalue weighted by Gasteiger charge is -2.17. The molecule has 1 aliphatic carbocycles. The van der Waals surface area contributed by atoms with Crippen molar-refractivity contribution in [3.63, 3.8) is 0 Å². The van der Waals surface area contributed by atoms with E-state index < -0.39 is 0 Å². The molecule has 0 radical (unpaired) electrons. The minimum absolute atomic E-state index is 0.0351. The molecule has 246 valence electrons. The number of aliphatic hydroxyl groups excluding tert-OH is 1. The normalized spacial score (nSPS) is 19.2. The molecule has 13 heteroatoms. The summed E-state index contributed by atoms with van der Waals surface area (Å²) in [4.78, 5) is 30.2. The molecule has 2 aromatic carbocycles. The van der Waals surface area contributed by atoms with E-state index in [9.17, 15) is 9.90 Å². The smallest absolute Gasteiger partial charge is 0.237 e. The predicted molar refractivity (Wildman–Crippen MR) is 180 cm³/mol. The summed E-state index contributed by atoms with van der Waals surface area (Å²) < 4.78 is 11.2. The van der Waals surface area contributed by atoms with Crippen molar-refractivity contribution in [3.8, 4) is 45.4 Å². The van der Waals surface area contributed by atoms with Crippen molar-refractivity contribution < 1.29 is 19.4 Å². The van der Waals surface area contributed by atoms with Crippen molar-refractivity contribution in [2.24, 2.45) is 0 Å². The van der Waals surface area contributed by atoms with Crippen LogP contribution in [-0.4, -0.2) is 69.9 Å². The van der Waals surface area contributed by atoms with Crippen LogP contribution >= 0.6 is 23.2 Å². The number of benzene rings is 2. The first-order valence-corrected chi connectivity index (χ1v) is 16.4. The Labute approximate surface area is 283 Å². The highest BCUT2D eigenvalue weighted by Crippen LogP contribution is 2.42. The van der Waals surface area contributed by atoms with Crippen molar-refractivity contribution in [1.29, 1.82) is 0 Å². The Morgan fingerprint density at radius 3 is 1.94 bits per heavy atom. The third-order valence-electron chi connectivity index (χ3n) is 8.63. The van der Waals surface area contributed by atoms with Crippen LogP contribution in [-0.2, 0) is 17.9 Å². The summed E-state index contributed by atoms with van der Waals surface area (Å²) in [5, 5.41) is 20.7. The lowest BCUT2D eigenvalue weighted by atomic mass is 9.98. The summed E-state index contributed by atoms with van der Waals surface area (Å²) in [6.45, 7) is 1.50. The molecular formula is C34H37Cl2N7O4. The molecule has 3 atom stereocenters. The van der Waals surface area contributed by atoms with Crippen molar-refractivity contribution in [2.45, 2.75) is 63.4 Å². The van der Waals surface area contributed by atoms with E-state index in [1.807, 2.05) is 36.4 Å². The lowest BCUT2D eigenvalue weighted by molar-refractivity contribution is -0.119. The quantitative estimate of drug-likeness (QED) is 0.162. The Kier molecular flexibility index (Phi) is 10.5. The van der Waals surface area contributed by atoms with Gasteiger partial charge >= 0.3 is 0 Å². The molecule has 11 nitrogen and oxygen atoms in total. The van der Waals surface area contributed by atoms with Gasteiger partial charge in [-0.2, -0.15) is 0 Å². The van der Waals surface area contributed by atoms with E-state index in [0.717, 1.165) is 36.8 Å². The van der Waals surface area contributed by atoms with Crippen LogP contribution in [0.4, 0.5) is 0 Å². The van der Waals surface area contributed by atoms with E-state index in [0.29, 0.717) is 81.8 Å². The molecule has 2 aromatic heterocycles. The van der Waals surface area contributed by atoms with E-state index in [-0.39, 0.29) is 24.1 Å². The van der Waals surface area contributed by atoms with Crippen molar-refractivity contribution >= 4 is 29.1 Å². The number of hydrogen-bond donors (Lipinski definition) is 4. The second-order valence-electron chi connectivity index (χ2n) is 11.7. The number of carbonyl (C=O) groups is 1. The van der Waals surface area contributed by atoms with Crippen molar-refractivity contribution in [1.82, 2.24) is 35.9 Å². The fourth-order valence-electron chi connectivity index (χ4n) is 6.10. The molecule has 1 aliphatic heterocycles. The van der Waals surface area contributed by atoms with Crippen LogP contribution in [0.25, 0.3) is 33.6 Å². The highest BCUT2D eigenvalue weighted by Gasteiger charge is 2.26. The number of aromatic nitrogens is 4. The maximum Gasteiger partial charge on any atom is 0.237 e. The molecule has 0 spiro atoms. The summed E-state index contributed by atoms with van der Waals surface area (Å²) in [7, 11) is 3.11. The number of rotatable bonds is 12. The molecule has 47 heavy (non-hydrogen) atoms. The van der Waals surface area contributed by atoms with Gasteiger partial charge in [-0.15, -0.1) is 0 Å². The van der Waals surface area contributed by atoms with Crippen molar-refractivity contribution in [3.05, 3.63) is 70.2 Å². The number of amides is 1. The van der Waals surface area contributed by atoms with Gasteiger partial charge < -0.3 is 30.5 Å². The van der Waals surface area contributed by atoms with Gasteiger partial charge in [-0.25, -0.2) is 9.97 Å². The molecule has 1 saturated heterocycles. The fraction of sp³-hybridized carbons (Fsp3) is 0.382. The number of aliphatic hydroxyl groups is 1. The zero-order chi connectivity index (χ0) is 32.9. The first-order valence-electron chi connectivity index (χ1n) is 15.7. The summed E-state index contributed by atoms with van der Waals surface area (Å²) >= 11 is 14.1. The zero-order valence-electron chi connectivity index (χ0n) is 26.2. The maximum atomic E-state index is 11.5. The van der Waals surface area contributed by atoms with Crippen LogP contribution in [0.15, 0.2) is 48.8 Å². The molecule has 2 aliphatic rings. The van der Waals surface area contributed by atoms with E-state index in [2.05, 4.69) is 25.9 Å². The summed E-state index contributed by atoms with van der Waals surface area (Å²) in [6.07, 6.45) is 7.09. The monoisotopic (exact) mass is 677 g/mol. The highest BCUT2D eigenvalue weighted by molar-refractivity contribution is 6.39. The lowest BCUT2D eigenvalue weighted by Crippen LogP contribution is -2.35. The number of halogens is 2. The molecule has 4 aromatic rings. The summed E-state index contributed by atoms with van der Waals surface area (Å²) in [5.74, 6) is 0.858. The maximum absolute atomic E-state index is 11.5. The Balaban J connectivity index is 1.23. The highest BCUT2D eigenvalue weighted by atomic mass is 35.5. The van der Waals surface area contributed by atoms with Gasteiger partial charge in [-0.3, -0.25) is 14.8 Å². The van der Waals surface area contributed by atoms with Gasteiger partial charge in [-0.05, 0) is 25.7 Å². The Morgan fingerprint density at radius 2 is 1.43 bits per heavy atom. The number of carbonyl (C=O) groups excluding carboxylic acids is 1. The Bertz CT molecular complexity index is 1760. The molecule has 2 fully saturated rings. The van der Waals surface area contributed by atoms with Crippen LogP contribution < -0.4 is 25.4 Å². The first-order chi connectivity index (χ1) is 22.9. The van der Waals surface area contributed by atoms with Gasteiger partial charge in [0.05, 0.1) is 54.2 Å². The van der Waals surface area contributed by atoms with Gasteiger partial charge in [0, 0.05) is 60.4 Å². The molecule has 6 rings (SSSR count). The van der Waals surface area contributed by atoms with Crippen LogP contribution in [0.2, 0.25) is 10.0 Å².